The minimum atomic E-state index is 0.431. The first-order chi connectivity index (χ1) is 8.74. The van der Waals surface area contributed by atoms with Crippen LogP contribution in [0.15, 0.2) is 16.0 Å². The van der Waals surface area contributed by atoms with Crippen molar-refractivity contribution in [1.29, 1.82) is 0 Å². The molecule has 0 unspecified atom stereocenters. The van der Waals surface area contributed by atoms with E-state index in [4.69, 9.17) is 11.6 Å². The fourth-order valence-corrected chi connectivity index (χ4v) is 3.02. The maximum absolute atomic E-state index is 6.10. The van der Waals surface area contributed by atoms with Gasteiger partial charge in [0.1, 0.15) is 16.5 Å². The van der Waals surface area contributed by atoms with E-state index in [9.17, 15) is 0 Å². The number of nitrogens with zero attached hydrogens (tertiary/aromatic N) is 6. The molecule has 0 spiro atoms. The van der Waals surface area contributed by atoms with Crippen molar-refractivity contribution in [3.05, 3.63) is 22.7 Å². The lowest BCUT2D eigenvalue weighted by molar-refractivity contribution is 0.782. The van der Waals surface area contributed by atoms with Crippen LogP contribution in [-0.2, 0) is 12.8 Å². The number of thioether (sulfide) groups is 1. The summed E-state index contributed by atoms with van der Waals surface area (Å²) in [5.74, 6) is 1.27. The third kappa shape index (κ3) is 2.18. The molecule has 0 aromatic carbocycles. The van der Waals surface area contributed by atoms with Crippen LogP contribution in [0.5, 0.6) is 0 Å². The maximum Gasteiger partial charge on any atom is 0.174 e. The van der Waals surface area contributed by atoms with E-state index < -0.39 is 0 Å². The van der Waals surface area contributed by atoms with Crippen molar-refractivity contribution in [2.24, 2.45) is 7.05 Å². The van der Waals surface area contributed by atoms with E-state index in [0.717, 1.165) is 15.4 Å². The van der Waals surface area contributed by atoms with Crippen molar-refractivity contribution >= 4 is 45.7 Å². The molecule has 0 atom stereocenters. The Morgan fingerprint density at radius 2 is 2.33 bits per heavy atom. The molecule has 0 saturated carbocycles. The fraction of sp³-hybridized carbons (Fsp3) is 0.222. The number of aryl methyl sites for hydroxylation is 1. The summed E-state index contributed by atoms with van der Waals surface area (Å²) in [5, 5.41) is 13.0. The predicted molar refractivity (Wildman–Crippen MR) is 70.8 cm³/mol. The van der Waals surface area contributed by atoms with Crippen LogP contribution in [0, 0.1) is 0 Å². The van der Waals surface area contributed by atoms with E-state index in [-0.39, 0.29) is 0 Å². The topological polar surface area (TPSA) is 69.4 Å². The molecule has 0 aliphatic heterocycles. The lowest BCUT2D eigenvalue weighted by Gasteiger charge is -2.00. The second-order valence-electron chi connectivity index (χ2n) is 3.43. The van der Waals surface area contributed by atoms with Gasteiger partial charge in [-0.1, -0.05) is 34.7 Å². The molecule has 0 saturated heterocycles. The van der Waals surface area contributed by atoms with Gasteiger partial charge in [-0.05, 0) is 0 Å². The Bertz CT molecular complexity index is 680. The largest absolute Gasteiger partial charge is 0.250 e. The quantitative estimate of drug-likeness (QED) is 0.545. The Balaban J connectivity index is 1.90. The molecule has 18 heavy (non-hydrogen) atoms. The van der Waals surface area contributed by atoms with Gasteiger partial charge in [-0.25, -0.2) is 9.97 Å². The molecule has 0 bridgehead atoms. The first-order valence-corrected chi connectivity index (χ1v) is 7.21. The van der Waals surface area contributed by atoms with Gasteiger partial charge in [-0.3, -0.25) is 4.68 Å². The standard InChI is InChI=1S/C9H7ClN6S2/c1-16-8-5(2-12-16)7(10)13-6(14-8)3-17-9-15-11-4-18-9/h2,4H,3H2,1H3. The zero-order chi connectivity index (χ0) is 12.5. The highest BCUT2D eigenvalue weighted by Crippen LogP contribution is 2.25. The Kier molecular flexibility index (Phi) is 3.14. The highest BCUT2D eigenvalue weighted by molar-refractivity contribution is 8.00. The van der Waals surface area contributed by atoms with E-state index in [1.54, 1.807) is 16.4 Å². The van der Waals surface area contributed by atoms with Gasteiger partial charge in [0, 0.05) is 7.05 Å². The zero-order valence-electron chi connectivity index (χ0n) is 9.24. The van der Waals surface area contributed by atoms with Crippen LogP contribution in [0.3, 0.4) is 0 Å². The molecule has 9 heteroatoms. The maximum atomic E-state index is 6.10. The lowest BCUT2D eigenvalue weighted by Crippen LogP contribution is -1.98. The molecule has 0 amide bonds. The van der Waals surface area contributed by atoms with Gasteiger partial charge in [-0.2, -0.15) is 5.10 Å². The summed E-state index contributed by atoms with van der Waals surface area (Å²) in [6, 6.07) is 0. The van der Waals surface area contributed by atoms with Gasteiger partial charge in [0.15, 0.2) is 9.99 Å². The highest BCUT2D eigenvalue weighted by Gasteiger charge is 2.10. The van der Waals surface area contributed by atoms with Crippen LogP contribution in [0.4, 0.5) is 0 Å². The molecule has 6 nitrogen and oxygen atoms in total. The number of fused-ring (bicyclic) bond motifs is 1. The third-order valence-electron chi connectivity index (χ3n) is 2.26. The molecule has 0 aliphatic rings. The summed E-state index contributed by atoms with van der Waals surface area (Å²) in [6.07, 6.45) is 1.67. The first kappa shape index (κ1) is 11.8. The van der Waals surface area contributed by atoms with Crippen LogP contribution in [-0.4, -0.2) is 29.9 Å². The van der Waals surface area contributed by atoms with Crippen molar-refractivity contribution < 1.29 is 0 Å². The monoisotopic (exact) mass is 298 g/mol. The normalized spacial score (nSPS) is 11.2. The van der Waals surface area contributed by atoms with Gasteiger partial charge in [0.25, 0.3) is 0 Å². The Hall–Kier alpha value is -1.25. The zero-order valence-corrected chi connectivity index (χ0v) is 11.6. The third-order valence-corrected chi connectivity index (χ3v) is 4.40. The van der Waals surface area contributed by atoms with E-state index in [1.807, 2.05) is 7.05 Å². The Morgan fingerprint density at radius 1 is 1.44 bits per heavy atom. The average Bonchev–Trinajstić information content (AvgIpc) is 2.98. The summed E-state index contributed by atoms with van der Waals surface area (Å²) >= 11 is 9.12. The second kappa shape index (κ2) is 4.79. The summed E-state index contributed by atoms with van der Waals surface area (Å²) in [7, 11) is 1.83. The van der Waals surface area contributed by atoms with Crippen LogP contribution in [0.2, 0.25) is 5.15 Å². The minimum absolute atomic E-state index is 0.431. The summed E-state index contributed by atoms with van der Waals surface area (Å²) in [5.41, 5.74) is 2.43. The van der Waals surface area contributed by atoms with Crippen LogP contribution in [0.25, 0.3) is 11.0 Å². The first-order valence-electron chi connectivity index (χ1n) is 4.97. The number of hydrogen-bond donors (Lipinski definition) is 0. The number of aromatic nitrogens is 6. The molecule has 0 fully saturated rings. The second-order valence-corrected chi connectivity index (χ2v) is 5.84. The highest BCUT2D eigenvalue weighted by atomic mass is 35.5. The van der Waals surface area contributed by atoms with Crippen LogP contribution in [0.1, 0.15) is 5.82 Å². The van der Waals surface area contributed by atoms with E-state index >= 15 is 0 Å². The van der Waals surface area contributed by atoms with E-state index in [0.29, 0.717) is 16.7 Å². The van der Waals surface area contributed by atoms with Crippen LogP contribution < -0.4 is 0 Å². The minimum Gasteiger partial charge on any atom is -0.250 e. The Morgan fingerprint density at radius 3 is 3.11 bits per heavy atom. The lowest BCUT2D eigenvalue weighted by atomic mass is 10.4. The number of halogens is 1. The van der Waals surface area contributed by atoms with Gasteiger partial charge < -0.3 is 0 Å². The van der Waals surface area contributed by atoms with E-state index in [1.165, 1.54) is 23.1 Å². The van der Waals surface area contributed by atoms with Gasteiger partial charge in [0.2, 0.25) is 0 Å². The Labute approximate surface area is 115 Å². The molecular weight excluding hydrogens is 292 g/mol. The molecule has 3 heterocycles. The molecule has 0 aliphatic carbocycles. The average molecular weight is 299 g/mol. The smallest absolute Gasteiger partial charge is 0.174 e. The molecule has 0 N–H and O–H groups in total. The fourth-order valence-electron chi connectivity index (χ4n) is 1.45. The number of rotatable bonds is 3. The van der Waals surface area contributed by atoms with Crippen molar-refractivity contribution in [3.63, 3.8) is 0 Å². The van der Waals surface area contributed by atoms with Crippen LogP contribution >= 0.6 is 34.7 Å². The van der Waals surface area contributed by atoms with Crippen molar-refractivity contribution in [3.8, 4) is 0 Å². The molecule has 3 aromatic rings. The van der Waals surface area contributed by atoms with Gasteiger partial charge >= 0.3 is 0 Å². The van der Waals surface area contributed by atoms with Gasteiger partial charge in [-0.15, -0.1) is 10.2 Å². The number of hydrogen-bond acceptors (Lipinski definition) is 7. The van der Waals surface area contributed by atoms with Gasteiger partial charge in [0.05, 0.1) is 17.3 Å². The van der Waals surface area contributed by atoms with Crippen molar-refractivity contribution in [2.45, 2.75) is 10.1 Å². The molecule has 3 rings (SSSR count). The molecular formula is C9H7ClN6S2. The molecule has 92 valence electrons. The van der Waals surface area contributed by atoms with Crippen molar-refractivity contribution in [2.75, 3.05) is 0 Å². The molecule has 3 aromatic heterocycles. The van der Waals surface area contributed by atoms with E-state index in [2.05, 4.69) is 25.3 Å². The summed E-state index contributed by atoms with van der Waals surface area (Å²) in [4.78, 5) is 8.69. The summed E-state index contributed by atoms with van der Waals surface area (Å²) in [6.45, 7) is 0. The predicted octanol–water partition coefficient (Wildman–Crippen LogP) is 2.16. The SMILES string of the molecule is Cn1ncc2c(Cl)nc(CSc3nncs3)nc21. The van der Waals surface area contributed by atoms with Crippen molar-refractivity contribution in [1.82, 2.24) is 29.9 Å². The summed E-state index contributed by atoms with van der Waals surface area (Å²) < 4.78 is 2.57. The molecule has 0 radical (unpaired) electrons.